The van der Waals surface area contributed by atoms with E-state index in [9.17, 15) is 14.4 Å². The lowest BCUT2D eigenvalue weighted by Crippen LogP contribution is -2.54. The number of nitrogens with one attached hydrogen (secondary N) is 1. The van der Waals surface area contributed by atoms with Crippen LogP contribution < -0.4 is 11.3 Å². The van der Waals surface area contributed by atoms with Gasteiger partial charge < -0.3 is 9.80 Å². The number of carbonyl (C=O) groups excluding carboxylic acids is 3. The van der Waals surface area contributed by atoms with Crippen LogP contribution >= 0.6 is 0 Å². The van der Waals surface area contributed by atoms with Crippen molar-refractivity contribution in [3.8, 4) is 0 Å². The van der Waals surface area contributed by atoms with Crippen molar-refractivity contribution in [1.82, 2.24) is 15.2 Å². The molecule has 0 saturated carbocycles. The maximum Gasteiger partial charge on any atom is 0.323 e. The molecule has 0 aliphatic carbocycles. The summed E-state index contributed by atoms with van der Waals surface area (Å²) in [5, 5.41) is 0. The van der Waals surface area contributed by atoms with E-state index in [-0.39, 0.29) is 12.5 Å². The Hall–Kier alpha value is -1.63. The Morgan fingerprint density at radius 2 is 2.07 bits per heavy atom. The van der Waals surface area contributed by atoms with Gasteiger partial charge in [-0.2, -0.15) is 0 Å². The molecule has 0 aromatic heterocycles. The van der Waals surface area contributed by atoms with Crippen LogP contribution in [-0.4, -0.2) is 54.2 Å². The van der Waals surface area contributed by atoms with E-state index in [1.54, 1.807) is 12.5 Å². The first-order valence-electron chi connectivity index (χ1n) is 4.10. The summed E-state index contributed by atoms with van der Waals surface area (Å²) < 4.78 is 0. The summed E-state index contributed by atoms with van der Waals surface area (Å²) >= 11 is 0. The van der Waals surface area contributed by atoms with Crippen LogP contribution in [0.5, 0.6) is 0 Å². The average Bonchev–Trinajstić information content (AvgIpc) is 2.20. The van der Waals surface area contributed by atoms with Crippen LogP contribution in [0.2, 0.25) is 0 Å². The van der Waals surface area contributed by atoms with Crippen molar-refractivity contribution in [1.29, 1.82) is 0 Å². The highest BCUT2D eigenvalue weighted by Gasteiger charge is 2.28. The normalized spacial score (nSPS) is 16.9. The second kappa shape index (κ2) is 4.05. The van der Waals surface area contributed by atoms with Gasteiger partial charge in [-0.3, -0.25) is 19.8 Å². The molecule has 0 radical (unpaired) electrons. The zero-order valence-electron chi connectivity index (χ0n) is 7.82. The van der Waals surface area contributed by atoms with Crippen molar-refractivity contribution in [2.45, 2.75) is 0 Å². The van der Waals surface area contributed by atoms with Gasteiger partial charge in [-0.1, -0.05) is 0 Å². The minimum absolute atomic E-state index is 0.0667. The van der Waals surface area contributed by atoms with Gasteiger partial charge in [0, 0.05) is 20.1 Å². The lowest BCUT2D eigenvalue weighted by atomic mass is 10.3. The maximum atomic E-state index is 11.2. The molecule has 1 aliphatic rings. The molecule has 0 aromatic rings. The lowest BCUT2D eigenvalue weighted by molar-refractivity contribution is -0.151. The van der Waals surface area contributed by atoms with Gasteiger partial charge in [0.25, 0.3) is 0 Å². The summed E-state index contributed by atoms with van der Waals surface area (Å²) in [6, 6.07) is 0. The molecule has 78 valence electrons. The maximum absolute atomic E-state index is 11.2. The van der Waals surface area contributed by atoms with Crippen LogP contribution in [0.3, 0.4) is 0 Å². The van der Waals surface area contributed by atoms with E-state index in [1.165, 1.54) is 9.80 Å². The number of nitrogens with zero attached hydrogens (tertiary/aromatic N) is 2. The third-order valence-electron chi connectivity index (χ3n) is 2.07. The first-order valence-corrected chi connectivity index (χ1v) is 4.10. The van der Waals surface area contributed by atoms with E-state index in [1.807, 2.05) is 0 Å². The molecule has 14 heavy (non-hydrogen) atoms. The molecule has 1 rings (SSSR count). The minimum Gasteiger partial charge on any atom is -0.342 e. The molecule has 0 bridgehead atoms. The smallest absolute Gasteiger partial charge is 0.323 e. The Bertz CT molecular complexity index is 278. The molecule has 0 spiro atoms. The standard InChI is InChI=1S/C7H12N4O3/c1-10-2-3-11(4-5(10)12)7(14)6(13)9-8/h2-4,8H2,1H3,(H,9,13). The topological polar surface area (TPSA) is 95.7 Å². The average molecular weight is 200 g/mol. The van der Waals surface area contributed by atoms with Crippen LogP contribution in [0.15, 0.2) is 0 Å². The Kier molecular flexibility index (Phi) is 3.03. The third kappa shape index (κ3) is 1.99. The van der Waals surface area contributed by atoms with Crippen LogP contribution in [0, 0.1) is 0 Å². The van der Waals surface area contributed by atoms with Crippen molar-refractivity contribution in [3.05, 3.63) is 0 Å². The highest BCUT2D eigenvalue weighted by atomic mass is 16.2. The van der Waals surface area contributed by atoms with E-state index >= 15 is 0 Å². The summed E-state index contributed by atoms with van der Waals surface area (Å²) in [4.78, 5) is 36.0. The van der Waals surface area contributed by atoms with Crippen LogP contribution in [0.1, 0.15) is 0 Å². The highest BCUT2D eigenvalue weighted by molar-refractivity contribution is 6.35. The Morgan fingerprint density at radius 1 is 1.43 bits per heavy atom. The largest absolute Gasteiger partial charge is 0.342 e. The second-order valence-corrected chi connectivity index (χ2v) is 3.02. The molecule has 1 heterocycles. The third-order valence-corrected chi connectivity index (χ3v) is 2.07. The molecule has 0 aromatic carbocycles. The van der Waals surface area contributed by atoms with E-state index in [4.69, 9.17) is 5.84 Å². The summed E-state index contributed by atoms with van der Waals surface area (Å²) in [7, 11) is 1.65. The number of hydrogen-bond acceptors (Lipinski definition) is 4. The summed E-state index contributed by atoms with van der Waals surface area (Å²) in [6.45, 7) is 0.722. The van der Waals surface area contributed by atoms with Gasteiger partial charge in [0.2, 0.25) is 5.91 Å². The minimum atomic E-state index is -0.901. The summed E-state index contributed by atoms with van der Waals surface area (Å²) in [6.07, 6.45) is 0. The Labute approximate surface area is 80.8 Å². The van der Waals surface area contributed by atoms with E-state index in [0.717, 1.165) is 0 Å². The van der Waals surface area contributed by atoms with Crippen molar-refractivity contribution in [2.24, 2.45) is 5.84 Å². The van der Waals surface area contributed by atoms with Crippen LogP contribution in [0.4, 0.5) is 0 Å². The zero-order chi connectivity index (χ0) is 10.7. The molecule has 1 fully saturated rings. The number of rotatable bonds is 0. The second-order valence-electron chi connectivity index (χ2n) is 3.02. The van der Waals surface area contributed by atoms with Gasteiger partial charge in [-0.15, -0.1) is 0 Å². The molecule has 7 heteroatoms. The van der Waals surface area contributed by atoms with Crippen molar-refractivity contribution in [2.75, 3.05) is 26.7 Å². The SMILES string of the molecule is CN1CCN(C(=O)C(=O)NN)CC1=O. The number of hydrazine groups is 1. The lowest BCUT2D eigenvalue weighted by Gasteiger charge is -2.31. The summed E-state index contributed by atoms with van der Waals surface area (Å²) in [5.74, 6) is 2.94. The Balaban J connectivity index is 2.59. The Morgan fingerprint density at radius 3 is 2.57 bits per heavy atom. The van der Waals surface area contributed by atoms with Crippen molar-refractivity contribution < 1.29 is 14.4 Å². The molecule has 1 saturated heterocycles. The van der Waals surface area contributed by atoms with Gasteiger partial charge in [0.1, 0.15) is 6.54 Å². The predicted molar refractivity (Wildman–Crippen MR) is 46.5 cm³/mol. The summed E-state index contributed by atoms with van der Waals surface area (Å²) in [5.41, 5.74) is 1.73. The number of nitrogens with two attached hydrogens (primary N) is 1. The molecule has 3 N–H and O–H groups in total. The number of hydrogen-bond donors (Lipinski definition) is 2. The molecule has 0 atom stereocenters. The van der Waals surface area contributed by atoms with Crippen molar-refractivity contribution >= 4 is 17.7 Å². The number of piperazine rings is 1. The fourth-order valence-corrected chi connectivity index (χ4v) is 1.14. The fourth-order valence-electron chi connectivity index (χ4n) is 1.14. The molecule has 7 nitrogen and oxygen atoms in total. The van der Waals surface area contributed by atoms with Gasteiger partial charge in [-0.05, 0) is 0 Å². The first kappa shape index (κ1) is 10.5. The van der Waals surface area contributed by atoms with E-state index in [2.05, 4.69) is 0 Å². The monoisotopic (exact) mass is 200 g/mol. The zero-order valence-corrected chi connectivity index (χ0v) is 7.82. The number of carbonyl (C=O) groups is 3. The number of amides is 3. The van der Waals surface area contributed by atoms with Crippen LogP contribution in [-0.2, 0) is 14.4 Å². The molecular formula is C7H12N4O3. The van der Waals surface area contributed by atoms with E-state index in [0.29, 0.717) is 13.1 Å². The van der Waals surface area contributed by atoms with E-state index < -0.39 is 11.8 Å². The molecule has 0 unspecified atom stereocenters. The quantitative estimate of drug-likeness (QED) is 0.192. The molecular weight excluding hydrogens is 188 g/mol. The van der Waals surface area contributed by atoms with Crippen molar-refractivity contribution in [3.63, 3.8) is 0 Å². The highest BCUT2D eigenvalue weighted by Crippen LogP contribution is 2.00. The number of likely N-dealkylation sites (N-methyl/N-ethyl adjacent to an activating group) is 1. The fraction of sp³-hybridized carbons (Fsp3) is 0.571. The van der Waals surface area contributed by atoms with Crippen LogP contribution in [0.25, 0.3) is 0 Å². The molecule has 3 amide bonds. The van der Waals surface area contributed by atoms with Gasteiger partial charge in [0.15, 0.2) is 0 Å². The first-order chi connectivity index (χ1) is 6.56. The van der Waals surface area contributed by atoms with Gasteiger partial charge in [0.05, 0.1) is 0 Å². The van der Waals surface area contributed by atoms with Gasteiger partial charge >= 0.3 is 11.8 Å². The molecule has 1 aliphatic heterocycles. The predicted octanol–water partition coefficient (Wildman–Crippen LogP) is -2.72. The van der Waals surface area contributed by atoms with Gasteiger partial charge in [-0.25, -0.2) is 5.84 Å².